The van der Waals surface area contributed by atoms with Gasteiger partial charge in [-0.25, -0.2) is 4.98 Å². The van der Waals surface area contributed by atoms with E-state index in [1.165, 1.54) is 11.3 Å². The van der Waals surface area contributed by atoms with Crippen molar-refractivity contribution in [3.63, 3.8) is 0 Å². The summed E-state index contributed by atoms with van der Waals surface area (Å²) in [7, 11) is 3.53. The molecule has 1 atom stereocenters. The van der Waals surface area contributed by atoms with Crippen LogP contribution in [0.3, 0.4) is 0 Å². The molecule has 0 N–H and O–H groups in total. The molecule has 2 aromatic rings. The third kappa shape index (κ3) is 2.47. The van der Waals surface area contributed by atoms with E-state index in [4.69, 9.17) is 0 Å². The Morgan fingerprint density at radius 1 is 1.41 bits per heavy atom. The molecular weight excluding hydrogens is 298 g/mol. The number of pyridine rings is 1. The minimum Gasteiger partial charge on any atom is -0.344 e. The number of thiophene rings is 1. The quantitative estimate of drug-likeness (QED) is 0.854. The normalized spacial score (nSPS) is 18.0. The van der Waals surface area contributed by atoms with Crippen LogP contribution in [0.1, 0.15) is 34.5 Å². The third-order valence-corrected chi connectivity index (χ3v) is 5.26. The van der Waals surface area contributed by atoms with Gasteiger partial charge in [0, 0.05) is 51.6 Å². The standard InChI is InChI=1S/C16H19N3O2S/c1-10(20)19-8-6-11(9-19)13-12-5-4-7-17-15(12)22-14(13)16(21)18(2)3/h4-5,7,11H,6,8-9H2,1-3H3. The highest BCUT2D eigenvalue weighted by atomic mass is 32.1. The van der Waals surface area contributed by atoms with E-state index in [-0.39, 0.29) is 17.7 Å². The van der Waals surface area contributed by atoms with Gasteiger partial charge in [0.2, 0.25) is 5.91 Å². The molecule has 6 heteroatoms. The van der Waals surface area contributed by atoms with E-state index in [2.05, 4.69) is 4.98 Å². The van der Waals surface area contributed by atoms with E-state index in [1.54, 1.807) is 32.1 Å². The lowest BCUT2D eigenvalue weighted by Crippen LogP contribution is -2.26. The highest BCUT2D eigenvalue weighted by Gasteiger charge is 2.32. The van der Waals surface area contributed by atoms with Gasteiger partial charge in [0.25, 0.3) is 5.91 Å². The lowest BCUT2D eigenvalue weighted by molar-refractivity contribution is -0.127. The van der Waals surface area contributed by atoms with Crippen LogP contribution in [-0.4, -0.2) is 53.8 Å². The van der Waals surface area contributed by atoms with E-state index in [1.807, 2.05) is 17.0 Å². The number of carbonyl (C=O) groups excluding carboxylic acids is 2. The molecule has 0 spiro atoms. The van der Waals surface area contributed by atoms with E-state index in [0.717, 1.165) is 33.6 Å². The maximum absolute atomic E-state index is 12.5. The van der Waals surface area contributed by atoms with Crippen LogP contribution < -0.4 is 0 Å². The molecule has 0 radical (unpaired) electrons. The molecule has 1 unspecified atom stereocenters. The molecular formula is C16H19N3O2S. The lowest BCUT2D eigenvalue weighted by Gasteiger charge is -2.16. The second-order valence-corrected chi connectivity index (χ2v) is 6.85. The van der Waals surface area contributed by atoms with Crippen LogP contribution in [0, 0.1) is 0 Å². The molecule has 0 bridgehead atoms. The van der Waals surface area contributed by atoms with Gasteiger partial charge in [-0.1, -0.05) is 6.07 Å². The van der Waals surface area contributed by atoms with Crippen LogP contribution in [0.5, 0.6) is 0 Å². The summed E-state index contributed by atoms with van der Waals surface area (Å²) in [5, 5.41) is 1.05. The van der Waals surface area contributed by atoms with Gasteiger partial charge in [-0.3, -0.25) is 9.59 Å². The van der Waals surface area contributed by atoms with Gasteiger partial charge in [-0.2, -0.15) is 0 Å². The van der Waals surface area contributed by atoms with Crippen LogP contribution >= 0.6 is 11.3 Å². The molecule has 3 rings (SSSR count). The van der Waals surface area contributed by atoms with Crippen molar-refractivity contribution in [1.82, 2.24) is 14.8 Å². The summed E-state index contributed by atoms with van der Waals surface area (Å²) in [5.74, 6) is 0.320. The Morgan fingerprint density at radius 3 is 2.82 bits per heavy atom. The first kappa shape index (κ1) is 15.0. The molecule has 22 heavy (non-hydrogen) atoms. The van der Waals surface area contributed by atoms with Crippen LogP contribution in [-0.2, 0) is 4.79 Å². The summed E-state index contributed by atoms with van der Waals surface area (Å²) in [6.45, 7) is 3.04. The summed E-state index contributed by atoms with van der Waals surface area (Å²) in [4.78, 5) is 33.6. The predicted octanol–water partition coefficient (Wildman–Crippen LogP) is 2.33. The zero-order valence-corrected chi connectivity index (χ0v) is 13.8. The highest BCUT2D eigenvalue weighted by Crippen LogP contribution is 2.39. The molecule has 5 nitrogen and oxygen atoms in total. The molecule has 0 aromatic carbocycles. The Hall–Kier alpha value is -1.95. The molecule has 0 saturated carbocycles. The number of aromatic nitrogens is 1. The zero-order valence-electron chi connectivity index (χ0n) is 13.0. The minimum absolute atomic E-state index is 0.0132. The number of nitrogens with zero attached hydrogens (tertiary/aromatic N) is 3. The fourth-order valence-electron chi connectivity index (χ4n) is 3.00. The topological polar surface area (TPSA) is 53.5 Å². The third-order valence-electron chi connectivity index (χ3n) is 4.15. The Labute approximate surface area is 133 Å². The summed E-state index contributed by atoms with van der Waals surface area (Å²) in [6, 6.07) is 3.93. The average molecular weight is 317 g/mol. The molecule has 2 aromatic heterocycles. The van der Waals surface area contributed by atoms with Crippen LogP contribution in [0.4, 0.5) is 0 Å². The van der Waals surface area contributed by atoms with Crippen molar-refractivity contribution >= 4 is 33.4 Å². The minimum atomic E-state index is 0.0132. The summed E-state index contributed by atoms with van der Waals surface area (Å²) < 4.78 is 0. The van der Waals surface area contributed by atoms with Crippen molar-refractivity contribution in [1.29, 1.82) is 0 Å². The second kappa shape index (κ2) is 5.68. The molecule has 2 amide bonds. The van der Waals surface area contributed by atoms with Gasteiger partial charge in [0.15, 0.2) is 0 Å². The molecule has 1 aliphatic heterocycles. The largest absolute Gasteiger partial charge is 0.344 e. The smallest absolute Gasteiger partial charge is 0.263 e. The predicted molar refractivity (Wildman–Crippen MR) is 87.2 cm³/mol. The fourth-order valence-corrected chi connectivity index (χ4v) is 4.25. The lowest BCUT2D eigenvalue weighted by atomic mass is 9.95. The van der Waals surface area contributed by atoms with E-state index >= 15 is 0 Å². The first-order valence-electron chi connectivity index (χ1n) is 7.33. The Morgan fingerprint density at radius 2 is 2.18 bits per heavy atom. The number of amides is 2. The number of rotatable bonds is 2. The van der Waals surface area contributed by atoms with E-state index in [0.29, 0.717) is 6.54 Å². The number of hydrogen-bond donors (Lipinski definition) is 0. The highest BCUT2D eigenvalue weighted by molar-refractivity contribution is 7.20. The summed E-state index contributed by atoms with van der Waals surface area (Å²) >= 11 is 1.45. The molecule has 1 saturated heterocycles. The Bertz CT molecular complexity index is 738. The van der Waals surface area contributed by atoms with Crippen molar-refractivity contribution in [3.8, 4) is 0 Å². The van der Waals surface area contributed by atoms with Crippen molar-refractivity contribution in [2.45, 2.75) is 19.3 Å². The maximum Gasteiger partial charge on any atom is 0.263 e. The van der Waals surface area contributed by atoms with Gasteiger partial charge in [0.1, 0.15) is 4.83 Å². The summed E-state index contributed by atoms with van der Waals surface area (Å²) in [6.07, 6.45) is 2.65. The molecule has 116 valence electrons. The number of fused-ring (bicyclic) bond motifs is 1. The molecule has 3 heterocycles. The number of hydrogen-bond acceptors (Lipinski definition) is 4. The van der Waals surface area contributed by atoms with Crippen molar-refractivity contribution in [2.75, 3.05) is 27.2 Å². The Kier molecular flexibility index (Phi) is 3.87. The van der Waals surface area contributed by atoms with Crippen molar-refractivity contribution in [3.05, 3.63) is 28.8 Å². The molecule has 1 aliphatic rings. The maximum atomic E-state index is 12.5. The molecule has 1 fully saturated rings. The van der Waals surface area contributed by atoms with Gasteiger partial charge in [-0.05, 0) is 18.1 Å². The van der Waals surface area contributed by atoms with E-state index in [9.17, 15) is 9.59 Å². The van der Waals surface area contributed by atoms with Crippen LogP contribution in [0.25, 0.3) is 10.2 Å². The van der Waals surface area contributed by atoms with Crippen LogP contribution in [0.2, 0.25) is 0 Å². The second-order valence-electron chi connectivity index (χ2n) is 5.85. The van der Waals surface area contributed by atoms with Crippen LogP contribution in [0.15, 0.2) is 18.3 Å². The fraction of sp³-hybridized carbons (Fsp3) is 0.438. The molecule has 0 aliphatic carbocycles. The number of likely N-dealkylation sites (tertiary alicyclic amines) is 1. The first-order valence-corrected chi connectivity index (χ1v) is 8.15. The Balaban J connectivity index is 2.09. The summed E-state index contributed by atoms with van der Waals surface area (Å²) in [5.41, 5.74) is 1.07. The monoisotopic (exact) mass is 317 g/mol. The van der Waals surface area contributed by atoms with E-state index < -0.39 is 0 Å². The van der Waals surface area contributed by atoms with Gasteiger partial charge < -0.3 is 9.80 Å². The van der Waals surface area contributed by atoms with Crippen molar-refractivity contribution in [2.24, 2.45) is 0 Å². The van der Waals surface area contributed by atoms with Gasteiger partial charge in [0.05, 0.1) is 4.88 Å². The first-order chi connectivity index (χ1) is 10.5. The average Bonchev–Trinajstić information content (AvgIpc) is 3.10. The SMILES string of the molecule is CC(=O)N1CCC(c2c(C(=O)N(C)C)sc3ncccc23)C1. The number of carbonyl (C=O) groups is 2. The van der Waals surface area contributed by atoms with Gasteiger partial charge in [-0.15, -0.1) is 11.3 Å². The zero-order chi connectivity index (χ0) is 15.9. The van der Waals surface area contributed by atoms with Gasteiger partial charge >= 0.3 is 0 Å². The van der Waals surface area contributed by atoms with Crippen molar-refractivity contribution < 1.29 is 9.59 Å².